The zero-order valence-corrected chi connectivity index (χ0v) is 19.8. The van der Waals surface area contributed by atoms with Gasteiger partial charge in [0.15, 0.2) is 0 Å². The lowest BCUT2D eigenvalue weighted by atomic mass is 10.2. The standard InChI is InChI=1S/C23H26ClN3O4S/c1-4-5-12-31-20-11-8-18(21(24)13-20)14-26-15-22(25-17(26)3)23(28)27(32(29)30)19-9-6-16(2)7-10-19/h6-11,13,15H,4-5,12,14H2,1-3H3,(H,29,30)/p-1. The van der Waals surface area contributed by atoms with Crippen LogP contribution in [0.25, 0.3) is 0 Å². The molecule has 0 bridgehead atoms. The molecule has 0 radical (unpaired) electrons. The largest absolute Gasteiger partial charge is 0.755 e. The van der Waals surface area contributed by atoms with E-state index in [2.05, 4.69) is 11.9 Å². The van der Waals surface area contributed by atoms with Gasteiger partial charge in [-0.25, -0.2) is 9.29 Å². The number of imidazole rings is 1. The summed E-state index contributed by atoms with van der Waals surface area (Å²) < 4.78 is 31.7. The van der Waals surface area contributed by atoms with Crippen LogP contribution >= 0.6 is 11.6 Å². The fourth-order valence-corrected chi connectivity index (χ4v) is 3.84. The Morgan fingerprint density at radius 3 is 2.56 bits per heavy atom. The van der Waals surface area contributed by atoms with E-state index in [-0.39, 0.29) is 11.4 Å². The van der Waals surface area contributed by atoms with Crippen LogP contribution in [-0.2, 0) is 17.8 Å². The van der Waals surface area contributed by atoms with Crippen LogP contribution in [0.5, 0.6) is 5.75 Å². The molecule has 3 aromatic rings. The van der Waals surface area contributed by atoms with Crippen LogP contribution in [0.1, 0.15) is 47.2 Å². The summed E-state index contributed by atoms with van der Waals surface area (Å²) in [6, 6.07) is 12.1. The monoisotopic (exact) mass is 474 g/mol. The SMILES string of the molecule is CCCCOc1ccc(Cn2cc(C(=O)N(c3ccc(C)cc3)S(=O)[O-])nc2C)c(Cl)c1. The highest BCUT2D eigenvalue weighted by Crippen LogP contribution is 2.25. The first-order valence-electron chi connectivity index (χ1n) is 10.3. The number of unbranched alkanes of at least 4 members (excludes halogenated alkanes) is 1. The molecule has 1 aromatic heterocycles. The minimum Gasteiger partial charge on any atom is -0.755 e. The molecule has 0 saturated heterocycles. The van der Waals surface area contributed by atoms with Crippen molar-refractivity contribution in [3.05, 3.63) is 76.3 Å². The molecule has 1 atom stereocenters. The van der Waals surface area contributed by atoms with Crippen molar-refractivity contribution in [2.24, 2.45) is 0 Å². The molecule has 0 saturated carbocycles. The zero-order valence-electron chi connectivity index (χ0n) is 18.2. The highest BCUT2D eigenvalue weighted by molar-refractivity contribution is 7.81. The van der Waals surface area contributed by atoms with Crippen LogP contribution in [0.2, 0.25) is 5.02 Å². The summed E-state index contributed by atoms with van der Waals surface area (Å²) in [6.07, 6.45) is 3.56. The summed E-state index contributed by atoms with van der Waals surface area (Å²) in [4.78, 5) is 17.2. The molecular weight excluding hydrogens is 450 g/mol. The van der Waals surface area contributed by atoms with Crippen molar-refractivity contribution in [2.75, 3.05) is 10.9 Å². The van der Waals surface area contributed by atoms with Gasteiger partial charge in [0.25, 0.3) is 5.91 Å². The number of rotatable bonds is 9. The molecule has 0 fully saturated rings. The number of nitrogens with zero attached hydrogens (tertiary/aromatic N) is 3. The molecule has 2 aromatic carbocycles. The molecule has 3 rings (SSSR count). The summed E-state index contributed by atoms with van der Waals surface area (Å²) >= 11 is 3.64. The maximum Gasteiger partial charge on any atom is 0.289 e. The maximum absolute atomic E-state index is 12.9. The Bertz CT molecular complexity index is 1110. The third-order valence-electron chi connectivity index (χ3n) is 4.93. The molecule has 0 aliphatic carbocycles. The van der Waals surface area contributed by atoms with Gasteiger partial charge in [0, 0.05) is 11.2 Å². The van der Waals surface area contributed by atoms with E-state index >= 15 is 0 Å². The van der Waals surface area contributed by atoms with Crippen LogP contribution in [0, 0.1) is 13.8 Å². The molecule has 1 unspecified atom stereocenters. The van der Waals surface area contributed by atoms with Gasteiger partial charge in [-0.1, -0.05) is 48.7 Å². The number of amides is 1. The Morgan fingerprint density at radius 2 is 1.94 bits per heavy atom. The van der Waals surface area contributed by atoms with Crippen molar-refractivity contribution in [1.29, 1.82) is 0 Å². The van der Waals surface area contributed by atoms with Gasteiger partial charge in [0.2, 0.25) is 0 Å². The number of benzene rings is 2. The minimum atomic E-state index is -2.79. The molecule has 1 amide bonds. The summed E-state index contributed by atoms with van der Waals surface area (Å²) in [5.41, 5.74) is 2.07. The first kappa shape index (κ1) is 24.0. The van der Waals surface area contributed by atoms with E-state index in [0.29, 0.717) is 34.1 Å². The number of hydrogen-bond donors (Lipinski definition) is 0. The Morgan fingerprint density at radius 1 is 1.22 bits per heavy atom. The van der Waals surface area contributed by atoms with Gasteiger partial charge >= 0.3 is 0 Å². The second kappa shape index (κ2) is 10.8. The van der Waals surface area contributed by atoms with Crippen LogP contribution in [0.15, 0.2) is 48.7 Å². The number of anilines is 1. The van der Waals surface area contributed by atoms with Crippen LogP contribution in [-0.4, -0.2) is 30.8 Å². The van der Waals surface area contributed by atoms with E-state index in [9.17, 15) is 13.6 Å². The van der Waals surface area contributed by atoms with E-state index in [1.165, 1.54) is 6.20 Å². The number of ether oxygens (including phenoxy) is 1. The van der Waals surface area contributed by atoms with Crippen LogP contribution < -0.4 is 9.04 Å². The van der Waals surface area contributed by atoms with Crippen molar-refractivity contribution < 1.29 is 18.3 Å². The first-order chi connectivity index (χ1) is 15.3. The fraction of sp³-hybridized carbons (Fsp3) is 0.304. The van der Waals surface area contributed by atoms with E-state index in [1.54, 1.807) is 41.8 Å². The zero-order chi connectivity index (χ0) is 23.3. The normalized spacial score (nSPS) is 11.9. The smallest absolute Gasteiger partial charge is 0.289 e. The number of hydrogen-bond acceptors (Lipinski definition) is 5. The fourth-order valence-electron chi connectivity index (χ4n) is 3.09. The van der Waals surface area contributed by atoms with Crippen molar-refractivity contribution in [1.82, 2.24) is 9.55 Å². The third-order valence-corrected chi connectivity index (χ3v) is 5.96. The number of carbonyl (C=O) groups is 1. The summed E-state index contributed by atoms with van der Waals surface area (Å²) in [7, 11) is 0. The quantitative estimate of drug-likeness (QED) is 0.327. The predicted octanol–water partition coefficient (Wildman–Crippen LogP) is 4.82. The molecule has 1 heterocycles. The van der Waals surface area contributed by atoms with Crippen molar-refractivity contribution in [3.8, 4) is 5.75 Å². The number of carbonyl (C=O) groups excluding carboxylic acids is 1. The lowest BCUT2D eigenvalue weighted by Gasteiger charge is -2.23. The Hall–Kier alpha value is -2.68. The average molecular weight is 475 g/mol. The average Bonchev–Trinajstić information content (AvgIpc) is 3.12. The maximum atomic E-state index is 12.9. The number of halogens is 1. The van der Waals surface area contributed by atoms with Crippen molar-refractivity contribution in [2.45, 2.75) is 40.2 Å². The number of aromatic nitrogens is 2. The molecule has 7 nitrogen and oxygen atoms in total. The highest BCUT2D eigenvalue weighted by atomic mass is 35.5. The Kier molecular flexibility index (Phi) is 8.06. The van der Waals surface area contributed by atoms with Crippen LogP contribution in [0.3, 0.4) is 0 Å². The molecule has 32 heavy (non-hydrogen) atoms. The minimum absolute atomic E-state index is 0.0305. The van der Waals surface area contributed by atoms with Gasteiger partial charge in [-0.15, -0.1) is 0 Å². The third kappa shape index (κ3) is 5.76. The molecule has 0 N–H and O–H groups in total. The second-order valence-corrected chi connectivity index (χ2v) is 8.62. The van der Waals surface area contributed by atoms with Gasteiger partial charge in [-0.2, -0.15) is 0 Å². The van der Waals surface area contributed by atoms with Crippen molar-refractivity contribution >= 4 is 34.5 Å². The van der Waals surface area contributed by atoms with Crippen LogP contribution in [0.4, 0.5) is 5.69 Å². The molecule has 9 heteroatoms. The number of aryl methyl sites for hydroxylation is 2. The first-order valence-corrected chi connectivity index (χ1v) is 11.7. The van der Waals surface area contributed by atoms with Gasteiger partial charge in [-0.05, 0) is 50.1 Å². The molecule has 0 spiro atoms. The Labute approximate surface area is 195 Å². The molecular formula is C23H25ClN3O4S-. The molecule has 0 aliphatic rings. The predicted molar refractivity (Wildman–Crippen MR) is 125 cm³/mol. The van der Waals surface area contributed by atoms with Gasteiger partial charge < -0.3 is 13.9 Å². The van der Waals surface area contributed by atoms with Gasteiger partial charge in [0.05, 0.1) is 30.1 Å². The van der Waals surface area contributed by atoms with E-state index in [4.69, 9.17) is 16.3 Å². The topological polar surface area (TPSA) is 87.5 Å². The van der Waals surface area contributed by atoms with Gasteiger partial charge in [0.1, 0.15) is 17.3 Å². The van der Waals surface area contributed by atoms with E-state index < -0.39 is 17.2 Å². The van der Waals surface area contributed by atoms with Crippen molar-refractivity contribution in [3.63, 3.8) is 0 Å². The second-order valence-electron chi connectivity index (χ2n) is 7.41. The molecule has 170 valence electrons. The highest BCUT2D eigenvalue weighted by Gasteiger charge is 2.22. The summed E-state index contributed by atoms with van der Waals surface area (Å²) in [5, 5.41) is 0.543. The lowest BCUT2D eigenvalue weighted by molar-refractivity contribution is 0.100. The van der Waals surface area contributed by atoms with Gasteiger partial charge in [-0.3, -0.25) is 9.00 Å². The van der Waals surface area contributed by atoms with E-state index in [0.717, 1.165) is 24.0 Å². The summed E-state index contributed by atoms with van der Waals surface area (Å²) in [6.45, 7) is 6.74. The van der Waals surface area contributed by atoms with E-state index in [1.807, 2.05) is 19.1 Å². The lowest BCUT2D eigenvalue weighted by Crippen LogP contribution is -2.32. The molecule has 0 aliphatic heterocycles. The Balaban J connectivity index is 1.80. The summed E-state index contributed by atoms with van der Waals surface area (Å²) in [5.74, 6) is 0.542.